The summed E-state index contributed by atoms with van der Waals surface area (Å²) in [5.41, 5.74) is 5.43. The first-order chi connectivity index (χ1) is 13.3. The Balaban J connectivity index is 1.65. The topological polar surface area (TPSA) is 93.3 Å². The second-order valence-corrected chi connectivity index (χ2v) is 8.90. The highest BCUT2D eigenvalue weighted by Crippen LogP contribution is 2.66. The molecule has 4 rings (SSSR count). The minimum Gasteiger partial charge on any atom is -0.378 e. The average Bonchev–Trinajstić information content (AvgIpc) is 3.39. The van der Waals surface area contributed by atoms with Crippen molar-refractivity contribution in [1.82, 2.24) is 9.97 Å². The van der Waals surface area contributed by atoms with Crippen molar-refractivity contribution in [3.8, 4) is 0 Å². The summed E-state index contributed by atoms with van der Waals surface area (Å²) < 4.78 is 27.5. The molecule has 0 unspecified atom stereocenters. The van der Waals surface area contributed by atoms with E-state index in [-0.39, 0.29) is 28.0 Å². The van der Waals surface area contributed by atoms with Crippen molar-refractivity contribution in [2.24, 2.45) is 16.6 Å². The maximum Gasteiger partial charge on any atom is 0.274 e. The maximum absolute atomic E-state index is 14.6. The first kappa shape index (κ1) is 19.1. The van der Waals surface area contributed by atoms with Crippen molar-refractivity contribution < 1.29 is 13.6 Å². The molecule has 0 saturated heterocycles. The third-order valence-electron chi connectivity index (χ3n) is 5.18. The monoisotopic (exact) mass is 423 g/mol. The minimum absolute atomic E-state index is 0.149. The van der Waals surface area contributed by atoms with Crippen LogP contribution in [-0.4, -0.2) is 32.5 Å². The number of fused-ring (bicyclic) bond motifs is 1. The van der Waals surface area contributed by atoms with E-state index in [0.29, 0.717) is 11.4 Å². The van der Waals surface area contributed by atoms with Gasteiger partial charge < -0.3 is 11.1 Å². The van der Waals surface area contributed by atoms with E-state index in [1.807, 2.05) is 0 Å². The molecule has 0 spiro atoms. The van der Waals surface area contributed by atoms with Crippen molar-refractivity contribution >= 4 is 40.1 Å². The SMILES string of the molecule is C[C@]1(c2cc(NC(=O)c3ccc(Cl)cn3)cnc2F)N=C(N)S[C@@]2(CF)C[C@H]21. The smallest absolute Gasteiger partial charge is 0.274 e. The van der Waals surface area contributed by atoms with E-state index in [9.17, 15) is 13.6 Å². The van der Waals surface area contributed by atoms with Crippen molar-refractivity contribution in [3.63, 3.8) is 0 Å². The molecule has 28 heavy (non-hydrogen) atoms. The predicted molar refractivity (Wildman–Crippen MR) is 105 cm³/mol. The van der Waals surface area contributed by atoms with Gasteiger partial charge in [-0.05, 0) is 31.5 Å². The molecule has 3 atom stereocenters. The summed E-state index contributed by atoms with van der Waals surface area (Å²) in [6.07, 6.45) is 3.10. The number of nitrogens with zero attached hydrogens (tertiary/aromatic N) is 3. The van der Waals surface area contributed by atoms with Crippen LogP contribution in [-0.2, 0) is 5.54 Å². The molecular formula is C18H16ClF2N5OS. The number of amidine groups is 1. The maximum atomic E-state index is 14.6. The van der Waals surface area contributed by atoms with E-state index < -0.39 is 28.8 Å². The van der Waals surface area contributed by atoms with Gasteiger partial charge >= 0.3 is 0 Å². The Morgan fingerprint density at radius 3 is 2.89 bits per heavy atom. The Bertz CT molecular complexity index is 988. The van der Waals surface area contributed by atoms with Gasteiger partial charge in [0, 0.05) is 17.7 Å². The van der Waals surface area contributed by atoms with Gasteiger partial charge in [-0.15, -0.1) is 0 Å². The predicted octanol–water partition coefficient (Wildman–Crippen LogP) is 3.53. The molecule has 1 aliphatic heterocycles. The van der Waals surface area contributed by atoms with Crippen LogP contribution in [0, 0.1) is 11.9 Å². The number of hydrogen-bond donors (Lipinski definition) is 2. The molecule has 146 valence electrons. The molecule has 0 radical (unpaired) electrons. The van der Waals surface area contributed by atoms with Crippen molar-refractivity contribution in [1.29, 1.82) is 0 Å². The first-order valence-electron chi connectivity index (χ1n) is 8.47. The molecule has 2 aliphatic rings. The minimum atomic E-state index is -1.06. The number of thioether (sulfide) groups is 1. The second kappa shape index (κ2) is 6.66. The van der Waals surface area contributed by atoms with Gasteiger partial charge in [0.25, 0.3) is 5.91 Å². The largest absolute Gasteiger partial charge is 0.378 e. The van der Waals surface area contributed by atoms with Gasteiger partial charge in [-0.2, -0.15) is 4.39 Å². The summed E-state index contributed by atoms with van der Waals surface area (Å²) in [6, 6.07) is 4.48. The van der Waals surface area contributed by atoms with E-state index in [1.165, 1.54) is 36.3 Å². The van der Waals surface area contributed by atoms with E-state index in [1.54, 1.807) is 13.0 Å². The summed E-state index contributed by atoms with van der Waals surface area (Å²) in [4.78, 5) is 24.5. The third-order valence-corrected chi connectivity index (χ3v) is 6.67. The lowest BCUT2D eigenvalue weighted by Gasteiger charge is -2.33. The molecule has 6 nitrogen and oxygen atoms in total. The van der Waals surface area contributed by atoms with Crippen LogP contribution >= 0.6 is 23.4 Å². The van der Waals surface area contributed by atoms with Gasteiger partial charge in [0.05, 0.1) is 27.2 Å². The Kier molecular flexibility index (Phi) is 4.54. The lowest BCUT2D eigenvalue weighted by molar-refractivity contribution is 0.102. The molecule has 1 amide bonds. The number of hydrogen-bond acceptors (Lipinski definition) is 6. The molecule has 1 aliphatic carbocycles. The molecule has 0 aromatic carbocycles. The van der Waals surface area contributed by atoms with Crippen molar-refractivity contribution in [2.45, 2.75) is 23.6 Å². The van der Waals surface area contributed by atoms with Gasteiger partial charge in [0.2, 0.25) is 5.95 Å². The molecule has 1 saturated carbocycles. The number of nitrogens with two attached hydrogens (primary N) is 1. The zero-order chi connectivity index (χ0) is 20.1. The van der Waals surface area contributed by atoms with E-state index in [0.717, 1.165) is 0 Å². The lowest BCUT2D eigenvalue weighted by Crippen LogP contribution is -2.37. The molecule has 3 N–H and O–H groups in total. The van der Waals surface area contributed by atoms with E-state index >= 15 is 0 Å². The highest BCUT2D eigenvalue weighted by atomic mass is 35.5. The number of alkyl halides is 1. The molecule has 0 bridgehead atoms. The number of carbonyl (C=O) groups excluding carboxylic acids is 1. The van der Waals surface area contributed by atoms with Crippen LogP contribution in [0.25, 0.3) is 0 Å². The molecule has 10 heteroatoms. The number of halogens is 3. The van der Waals surface area contributed by atoms with E-state index in [2.05, 4.69) is 20.3 Å². The number of carbonyl (C=O) groups is 1. The van der Waals surface area contributed by atoms with Gasteiger partial charge in [-0.3, -0.25) is 9.79 Å². The van der Waals surface area contributed by atoms with Crippen LogP contribution in [0.3, 0.4) is 0 Å². The highest BCUT2D eigenvalue weighted by molar-refractivity contribution is 8.15. The zero-order valence-electron chi connectivity index (χ0n) is 14.7. The summed E-state index contributed by atoms with van der Waals surface area (Å²) in [7, 11) is 0. The quantitative estimate of drug-likeness (QED) is 0.734. The van der Waals surface area contributed by atoms with Crippen LogP contribution in [0.1, 0.15) is 29.4 Å². The Morgan fingerprint density at radius 1 is 1.43 bits per heavy atom. The number of rotatable bonds is 4. The first-order valence-corrected chi connectivity index (χ1v) is 9.66. The number of amides is 1. The van der Waals surface area contributed by atoms with Crippen LogP contribution < -0.4 is 11.1 Å². The van der Waals surface area contributed by atoms with E-state index in [4.69, 9.17) is 17.3 Å². The van der Waals surface area contributed by atoms with Crippen LogP contribution in [0.4, 0.5) is 14.5 Å². The van der Waals surface area contributed by atoms with Crippen LogP contribution in [0.15, 0.2) is 35.6 Å². The normalized spacial score (nSPS) is 28.3. The number of pyridine rings is 2. The molecule has 1 fully saturated rings. The van der Waals surface area contributed by atoms with Crippen molar-refractivity contribution in [3.05, 3.63) is 52.8 Å². The standard InChI is InChI=1S/C18H16ClF2N5OS/c1-17(13-5-18(13,8-20)28-16(22)26-17)11-4-10(7-24-14(11)21)25-15(27)12-3-2-9(19)6-23-12/h2-4,6-7,13H,5,8H2,1H3,(H2,22,26)(H,25,27)/t13-,17+,18+/m0/s1. The van der Waals surface area contributed by atoms with Crippen molar-refractivity contribution in [2.75, 3.05) is 12.0 Å². The van der Waals surface area contributed by atoms with Gasteiger partial charge in [-0.1, -0.05) is 23.4 Å². The summed E-state index contributed by atoms with van der Waals surface area (Å²) >= 11 is 6.97. The zero-order valence-corrected chi connectivity index (χ0v) is 16.3. The fraction of sp³-hybridized carbons (Fsp3) is 0.333. The number of aliphatic imine (C=N–C) groups is 1. The Morgan fingerprint density at radius 2 is 2.21 bits per heavy atom. The summed E-state index contributed by atoms with van der Waals surface area (Å²) in [5, 5.41) is 3.25. The fourth-order valence-electron chi connectivity index (χ4n) is 3.65. The van der Waals surface area contributed by atoms with Gasteiger partial charge in [0.15, 0.2) is 5.17 Å². The number of anilines is 1. The number of aromatic nitrogens is 2. The summed E-state index contributed by atoms with van der Waals surface area (Å²) in [6.45, 7) is 1.15. The molecule has 3 heterocycles. The Hall–Kier alpha value is -2.26. The van der Waals surface area contributed by atoms with Gasteiger partial charge in [-0.25, -0.2) is 14.4 Å². The number of nitrogens with one attached hydrogen (secondary N) is 1. The lowest BCUT2D eigenvalue weighted by atomic mass is 9.86. The third kappa shape index (κ3) is 3.12. The fourth-order valence-corrected chi connectivity index (χ4v) is 5.09. The van der Waals surface area contributed by atoms with Gasteiger partial charge in [0.1, 0.15) is 12.4 Å². The second-order valence-electron chi connectivity index (χ2n) is 7.03. The molecule has 2 aromatic heterocycles. The molecule has 2 aromatic rings. The van der Waals surface area contributed by atoms with Crippen LogP contribution in [0.5, 0.6) is 0 Å². The Labute approximate surface area is 169 Å². The average molecular weight is 424 g/mol. The highest BCUT2D eigenvalue weighted by Gasteiger charge is 2.66. The molecular weight excluding hydrogens is 408 g/mol. The van der Waals surface area contributed by atoms with Crippen LogP contribution in [0.2, 0.25) is 5.02 Å². The summed E-state index contributed by atoms with van der Waals surface area (Å²) in [5.74, 6) is -1.43.